The van der Waals surface area contributed by atoms with E-state index in [0.29, 0.717) is 35.4 Å². The van der Waals surface area contributed by atoms with Crippen LogP contribution in [0.5, 0.6) is 17.2 Å². The lowest BCUT2D eigenvalue weighted by molar-refractivity contribution is 0.100. The Balaban J connectivity index is 2.01. The molecule has 7 heteroatoms. The van der Waals surface area contributed by atoms with Gasteiger partial charge in [-0.2, -0.15) is 0 Å². The van der Waals surface area contributed by atoms with Gasteiger partial charge >= 0.3 is 0 Å². The molecule has 6 nitrogen and oxygen atoms in total. The third kappa shape index (κ3) is 3.40. The monoisotopic (exact) mass is 388 g/mol. The zero-order valence-corrected chi connectivity index (χ0v) is 16.1. The molecule has 0 unspecified atom stereocenters. The molecule has 3 N–H and O–H groups in total. The molecule has 0 fully saturated rings. The van der Waals surface area contributed by atoms with Gasteiger partial charge in [-0.15, -0.1) is 0 Å². The number of phenols is 1. The van der Waals surface area contributed by atoms with Crippen molar-refractivity contribution in [2.45, 2.75) is 19.9 Å². The number of hydrogen-bond donors (Lipinski definition) is 2. The van der Waals surface area contributed by atoms with E-state index in [1.165, 1.54) is 6.07 Å². The number of primary amides is 1. The molecule has 0 spiro atoms. The molecule has 0 bridgehead atoms. The Hall–Kier alpha value is -2.86. The van der Waals surface area contributed by atoms with Gasteiger partial charge in [0.05, 0.1) is 30.3 Å². The summed E-state index contributed by atoms with van der Waals surface area (Å²) in [5, 5.41) is 10.7. The van der Waals surface area contributed by atoms with Crippen LogP contribution in [0.25, 0.3) is 10.9 Å². The van der Waals surface area contributed by atoms with E-state index < -0.39 is 5.91 Å². The number of nitrogens with two attached hydrogens (primary N) is 1. The fraction of sp³-hybridized carbons (Fsp3) is 0.250. The van der Waals surface area contributed by atoms with E-state index in [1.54, 1.807) is 20.3 Å². The first-order valence-corrected chi connectivity index (χ1v) is 8.77. The van der Waals surface area contributed by atoms with Gasteiger partial charge in [0, 0.05) is 17.6 Å². The normalized spacial score (nSPS) is 11.0. The van der Waals surface area contributed by atoms with Gasteiger partial charge < -0.3 is 24.9 Å². The number of aryl methyl sites for hydroxylation is 2. The number of halogens is 1. The van der Waals surface area contributed by atoms with Crippen LogP contribution in [0.1, 0.15) is 21.6 Å². The maximum atomic E-state index is 11.9. The third-order valence-electron chi connectivity index (χ3n) is 4.71. The molecule has 0 saturated carbocycles. The number of ether oxygens (including phenoxy) is 2. The summed E-state index contributed by atoms with van der Waals surface area (Å²) in [7, 11) is 3.19. The van der Waals surface area contributed by atoms with Gasteiger partial charge in [0.2, 0.25) is 0 Å². The van der Waals surface area contributed by atoms with Crippen molar-refractivity contribution in [1.29, 1.82) is 0 Å². The second-order valence-corrected chi connectivity index (χ2v) is 6.64. The molecule has 1 heterocycles. The zero-order valence-electron chi connectivity index (χ0n) is 15.4. The highest BCUT2D eigenvalue weighted by molar-refractivity contribution is 6.33. The minimum absolute atomic E-state index is 0.0799. The largest absolute Gasteiger partial charge is 0.506 e. The Morgan fingerprint density at radius 2 is 1.89 bits per heavy atom. The van der Waals surface area contributed by atoms with Crippen molar-refractivity contribution in [3.63, 3.8) is 0 Å². The Bertz CT molecular complexity index is 1030. The van der Waals surface area contributed by atoms with E-state index in [4.69, 9.17) is 26.8 Å². The van der Waals surface area contributed by atoms with Crippen molar-refractivity contribution in [2.75, 3.05) is 14.2 Å². The molecule has 0 atom stereocenters. The number of carbonyl (C=O) groups excluding carboxylic acids is 1. The molecule has 3 aromatic rings. The van der Waals surface area contributed by atoms with Gasteiger partial charge in [0.1, 0.15) is 5.75 Å². The lowest BCUT2D eigenvalue weighted by Gasteiger charge is -2.12. The highest BCUT2D eigenvalue weighted by Crippen LogP contribution is 2.34. The molecule has 3 rings (SSSR count). The first kappa shape index (κ1) is 18.9. The molecule has 0 aliphatic heterocycles. The first-order chi connectivity index (χ1) is 12.9. The van der Waals surface area contributed by atoms with Crippen LogP contribution in [0.15, 0.2) is 30.3 Å². The predicted molar refractivity (Wildman–Crippen MR) is 105 cm³/mol. The summed E-state index contributed by atoms with van der Waals surface area (Å²) in [6.07, 6.45) is 0.696. The highest BCUT2D eigenvalue weighted by atomic mass is 35.5. The number of aromatic hydroxyl groups is 1. The van der Waals surface area contributed by atoms with Gasteiger partial charge in [-0.1, -0.05) is 17.7 Å². The minimum atomic E-state index is -0.538. The quantitative estimate of drug-likeness (QED) is 0.674. The number of phenolic OH excluding ortho intramolecular Hbond substituents is 1. The Labute approximate surface area is 162 Å². The molecular formula is C20H21ClN2O4. The predicted octanol–water partition coefficient (Wildman–Crippen LogP) is 3.67. The Kier molecular flexibility index (Phi) is 5.19. The van der Waals surface area contributed by atoms with E-state index >= 15 is 0 Å². The average Bonchev–Trinajstić information content (AvgIpc) is 2.90. The number of rotatable bonds is 6. The fourth-order valence-electron chi connectivity index (χ4n) is 3.36. The second-order valence-electron chi connectivity index (χ2n) is 6.24. The summed E-state index contributed by atoms with van der Waals surface area (Å²) in [6, 6.07) is 8.89. The number of benzene rings is 2. The number of methoxy groups -OCH3 is 2. The van der Waals surface area contributed by atoms with Crippen LogP contribution in [0.4, 0.5) is 0 Å². The smallest absolute Gasteiger partial charge is 0.251 e. The molecule has 0 radical (unpaired) electrons. The minimum Gasteiger partial charge on any atom is -0.506 e. The van der Waals surface area contributed by atoms with Gasteiger partial charge in [0.15, 0.2) is 11.5 Å². The van der Waals surface area contributed by atoms with Crippen LogP contribution in [0.2, 0.25) is 5.02 Å². The van der Waals surface area contributed by atoms with Crippen molar-refractivity contribution < 1.29 is 19.4 Å². The lowest BCUT2D eigenvalue weighted by Crippen LogP contribution is -2.13. The van der Waals surface area contributed by atoms with E-state index in [9.17, 15) is 9.90 Å². The topological polar surface area (TPSA) is 86.7 Å². The van der Waals surface area contributed by atoms with Crippen molar-refractivity contribution in [3.05, 3.63) is 52.2 Å². The summed E-state index contributed by atoms with van der Waals surface area (Å²) in [6.45, 7) is 2.44. The molecular weight excluding hydrogens is 368 g/mol. The van der Waals surface area contributed by atoms with E-state index in [1.807, 2.05) is 29.7 Å². The first-order valence-electron chi connectivity index (χ1n) is 8.39. The second kappa shape index (κ2) is 7.40. The van der Waals surface area contributed by atoms with Crippen molar-refractivity contribution in [1.82, 2.24) is 4.57 Å². The van der Waals surface area contributed by atoms with Gasteiger partial charge in [-0.25, -0.2) is 0 Å². The third-order valence-corrected chi connectivity index (χ3v) is 5.01. The van der Waals surface area contributed by atoms with E-state index in [0.717, 1.165) is 16.8 Å². The van der Waals surface area contributed by atoms with Crippen LogP contribution >= 0.6 is 11.6 Å². The maximum absolute atomic E-state index is 11.9. The van der Waals surface area contributed by atoms with Gasteiger partial charge in [0.25, 0.3) is 5.91 Å². The molecule has 0 aliphatic rings. The van der Waals surface area contributed by atoms with E-state index in [-0.39, 0.29) is 10.8 Å². The summed E-state index contributed by atoms with van der Waals surface area (Å²) >= 11 is 6.08. The summed E-state index contributed by atoms with van der Waals surface area (Å²) < 4.78 is 12.6. The van der Waals surface area contributed by atoms with E-state index in [2.05, 4.69) is 0 Å². The number of amides is 1. The summed E-state index contributed by atoms with van der Waals surface area (Å²) in [5.74, 6) is 0.713. The number of nitrogens with zero attached hydrogens (tertiary/aromatic N) is 1. The average molecular weight is 389 g/mol. The van der Waals surface area contributed by atoms with Crippen LogP contribution in [0, 0.1) is 6.92 Å². The molecule has 142 valence electrons. The maximum Gasteiger partial charge on any atom is 0.251 e. The Morgan fingerprint density at radius 1 is 1.19 bits per heavy atom. The molecule has 0 saturated heterocycles. The Morgan fingerprint density at radius 3 is 2.52 bits per heavy atom. The molecule has 0 aliphatic carbocycles. The number of fused-ring (bicyclic) bond motifs is 1. The number of carbonyl (C=O) groups is 1. The lowest BCUT2D eigenvalue weighted by atomic mass is 10.1. The van der Waals surface area contributed by atoms with Gasteiger partial charge in [-0.3, -0.25) is 4.79 Å². The van der Waals surface area contributed by atoms with Crippen LogP contribution in [-0.2, 0) is 13.0 Å². The number of hydrogen-bond acceptors (Lipinski definition) is 4. The van der Waals surface area contributed by atoms with Crippen molar-refractivity contribution >= 4 is 28.4 Å². The SMILES string of the molecule is COc1ccc(CCn2c(C)c(C(N)=O)c3cc(O)c(Cl)cc32)cc1OC. The van der Waals surface area contributed by atoms with Crippen LogP contribution in [0.3, 0.4) is 0 Å². The van der Waals surface area contributed by atoms with Crippen molar-refractivity contribution in [3.8, 4) is 17.2 Å². The highest BCUT2D eigenvalue weighted by Gasteiger charge is 2.20. The van der Waals surface area contributed by atoms with Crippen LogP contribution in [-0.4, -0.2) is 29.8 Å². The fourth-order valence-corrected chi connectivity index (χ4v) is 3.52. The molecule has 1 amide bonds. The summed E-state index contributed by atoms with van der Waals surface area (Å²) in [4.78, 5) is 11.9. The van der Waals surface area contributed by atoms with Crippen LogP contribution < -0.4 is 15.2 Å². The standard InChI is InChI=1S/C20H21ClN2O4/c1-11-19(20(22)25)13-9-16(24)14(21)10-15(13)23(11)7-6-12-4-5-17(26-2)18(8-12)27-3/h4-5,8-10,24H,6-7H2,1-3H3,(H2,22,25). The van der Waals surface area contributed by atoms with Crippen molar-refractivity contribution in [2.24, 2.45) is 5.73 Å². The van der Waals surface area contributed by atoms with Gasteiger partial charge in [-0.05, 0) is 43.2 Å². The molecule has 1 aromatic heterocycles. The molecule has 2 aromatic carbocycles. The summed E-state index contributed by atoms with van der Waals surface area (Å²) in [5.41, 5.74) is 8.50. The zero-order chi connectivity index (χ0) is 19.7. The molecule has 27 heavy (non-hydrogen) atoms. The number of aromatic nitrogens is 1.